The molecule has 1 aliphatic rings. The molecule has 1 aliphatic heterocycles. The molecule has 1 aromatic rings. The van der Waals surface area contributed by atoms with Crippen LogP contribution >= 0.6 is 0 Å². The highest BCUT2D eigenvalue weighted by molar-refractivity contribution is 5.94. The van der Waals surface area contributed by atoms with Crippen LogP contribution in [0.15, 0.2) is 24.3 Å². The Bertz CT molecular complexity index is 544. The van der Waals surface area contributed by atoms with Crippen molar-refractivity contribution in [3.63, 3.8) is 0 Å². The summed E-state index contributed by atoms with van der Waals surface area (Å²) in [5, 5.41) is 0. The van der Waals surface area contributed by atoms with E-state index in [4.69, 9.17) is 4.74 Å². The van der Waals surface area contributed by atoms with Crippen LogP contribution in [0.25, 0.3) is 0 Å². The van der Waals surface area contributed by atoms with Crippen molar-refractivity contribution in [2.75, 3.05) is 53.0 Å². The van der Waals surface area contributed by atoms with Crippen molar-refractivity contribution in [3.8, 4) is 0 Å². The number of amides is 1. The van der Waals surface area contributed by atoms with Crippen LogP contribution < -0.4 is 0 Å². The first-order valence-corrected chi connectivity index (χ1v) is 8.02. The lowest BCUT2D eigenvalue weighted by atomic mass is 10.2. The van der Waals surface area contributed by atoms with E-state index in [0.717, 1.165) is 13.1 Å². The van der Waals surface area contributed by atoms with Gasteiger partial charge in [-0.3, -0.25) is 14.5 Å². The highest BCUT2D eigenvalue weighted by Crippen LogP contribution is 2.09. The first kappa shape index (κ1) is 18.4. The van der Waals surface area contributed by atoms with Gasteiger partial charge < -0.3 is 14.4 Å². The number of rotatable bonds is 7. The Morgan fingerprint density at radius 1 is 1.21 bits per heavy atom. The molecule has 0 aromatic heterocycles. The summed E-state index contributed by atoms with van der Waals surface area (Å²) in [6, 6.07) is 5.43. The van der Waals surface area contributed by atoms with Crippen LogP contribution in [0.5, 0.6) is 0 Å². The van der Waals surface area contributed by atoms with Crippen LogP contribution in [-0.4, -0.2) is 74.7 Å². The third-order valence-corrected chi connectivity index (χ3v) is 3.98. The number of carbonyl (C=O) groups is 2. The van der Waals surface area contributed by atoms with E-state index in [0.29, 0.717) is 31.9 Å². The molecule has 0 atom stereocenters. The van der Waals surface area contributed by atoms with Crippen LogP contribution in [0.2, 0.25) is 0 Å². The smallest absolute Gasteiger partial charge is 0.307 e. The monoisotopic (exact) mass is 338 g/mol. The fourth-order valence-electron chi connectivity index (χ4n) is 2.51. The quantitative estimate of drug-likeness (QED) is 0.699. The summed E-state index contributed by atoms with van der Waals surface area (Å²) in [5.41, 5.74) is 0.406. The molecule has 0 N–H and O–H groups in total. The highest BCUT2D eigenvalue weighted by atomic mass is 19.1. The van der Waals surface area contributed by atoms with Crippen LogP contribution in [0.1, 0.15) is 16.8 Å². The van der Waals surface area contributed by atoms with Gasteiger partial charge in [-0.25, -0.2) is 4.39 Å². The number of methoxy groups -OCH3 is 1. The van der Waals surface area contributed by atoms with Crippen molar-refractivity contribution in [2.45, 2.75) is 6.42 Å². The number of carbonyl (C=O) groups excluding carboxylic acids is 2. The third-order valence-electron chi connectivity index (χ3n) is 3.98. The van der Waals surface area contributed by atoms with Gasteiger partial charge in [0.25, 0.3) is 5.91 Å². The summed E-state index contributed by atoms with van der Waals surface area (Å²) in [5.74, 6) is -0.966. The first-order valence-electron chi connectivity index (χ1n) is 8.02. The molecular weight excluding hydrogens is 315 g/mol. The number of hydrogen-bond acceptors (Lipinski definition) is 5. The average molecular weight is 338 g/mol. The van der Waals surface area contributed by atoms with Crippen LogP contribution in [0.3, 0.4) is 0 Å². The van der Waals surface area contributed by atoms with Crippen LogP contribution in [-0.2, 0) is 14.3 Å². The van der Waals surface area contributed by atoms with E-state index in [9.17, 15) is 14.0 Å². The maximum atomic E-state index is 13.0. The van der Waals surface area contributed by atoms with E-state index in [-0.39, 0.29) is 30.7 Å². The summed E-state index contributed by atoms with van der Waals surface area (Å²) < 4.78 is 23.0. The number of benzene rings is 1. The zero-order chi connectivity index (χ0) is 17.4. The number of esters is 1. The second-order valence-electron chi connectivity index (χ2n) is 5.58. The van der Waals surface area contributed by atoms with Crippen molar-refractivity contribution in [2.24, 2.45) is 0 Å². The molecule has 1 aromatic carbocycles. The number of ether oxygens (including phenoxy) is 2. The number of hydrogen-bond donors (Lipinski definition) is 0. The molecule has 0 unspecified atom stereocenters. The largest absolute Gasteiger partial charge is 0.469 e. The van der Waals surface area contributed by atoms with Gasteiger partial charge in [0.05, 0.1) is 26.7 Å². The van der Waals surface area contributed by atoms with Crippen molar-refractivity contribution in [3.05, 3.63) is 35.6 Å². The molecule has 1 heterocycles. The fraction of sp³-hybridized carbons (Fsp3) is 0.529. The van der Waals surface area contributed by atoms with Gasteiger partial charge in [-0.1, -0.05) is 0 Å². The Kier molecular flexibility index (Phi) is 7.14. The minimum absolute atomic E-state index is 0.131. The molecule has 0 saturated carbocycles. The van der Waals surface area contributed by atoms with Gasteiger partial charge in [0.1, 0.15) is 5.82 Å². The Balaban J connectivity index is 1.98. The summed E-state index contributed by atoms with van der Waals surface area (Å²) in [6.07, 6.45) is 0.131. The Morgan fingerprint density at radius 3 is 2.50 bits per heavy atom. The third kappa shape index (κ3) is 5.58. The number of morpholine rings is 1. The van der Waals surface area contributed by atoms with Crippen LogP contribution in [0, 0.1) is 5.82 Å². The molecule has 0 bridgehead atoms. The predicted molar refractivity (Wildman–Crippen MR) is 86.2 cm³/mol. The molecule has 132 valence electrons. The van der Waals surface area contributed by atoms with Crippen molar-refractivity contribution >= 4 is 11.9 Å². The molecule has 7 heteroatoms. The first-order chi connectivity index (χ1) is 11.6. The summed E-state index contributed by atoms with van der Waals surface area (Å²) in [7, 11) is 1.32. The fourth-order valence-corrected chi connectivity index (χ4v) is 2.51. The Morgan fingerprint density at radius 2 is 1.88 bits per heavy atom. The zero-order valence-corrected chi connectivity index (χ0v) is 13.9. The van der Waals surface area contributed by atoms with Gasteiger partial charge in [-0.2, -0.15) is 0 Å². The lowest BCUT2D eigenvalue weighted by Crippen LogP contribution is -2.43. The van der Waals surface area contributed by atoms with E-state index in [1.54, 1.807) is 4.90 Å². The second-order valence-corrected chi connectivity index (χ2v) is 5.58. The Hall–Kier alpha value is -1.99. The summed E-state index contributed by atoms with van der Waals surface area (Å²) in [6.45, 7) is 4.51. The van der Waals surface area contributed by atoms with Crippen molar-refractivity contribution in [1.82, 2.24) is 9.80 Å². The summed E-state index contributed by atoms with van der Waals surface area (Å²) in [4.78, 5) is 27.9. The molecule has 6 nitrogen and oxygen atoms in total. The lowest BCUT2D eigenvalue weighted by molar-refractivity contribution is -0.140. The maximum Gasteiger partial charge on any atom is 0.307 e. The van der Waals surface area contributed by atoms with E-state index in [1.807, 2.05) is 0 Å². The van der Waals surface area contributed by atoms with Gasteiger partial charge in [-0.15, -0.1) is 0 Å². The van der Waals surface area contributed by atoms with Gasteiger partial charge in [0, 0.05) is 38.3 Å². The molecule has 24 heavy (non-hydrogen) atoms. The van der Waals surface area contributed by atoms with Gasteiger partial charge in [0.2, 0.25) is 0 Å². The van der Waals surface area contributed by atoms with Gasteiger partial charge in [-0.05, 0) is 24.3 Å². The molecule has 0 aliphatic carbocycles. The minimum Gasteiger partial charge on any atom is -0.469 e. The van der Waals surface area contributed by atoms with E-state index in [2.05, 4.69) is 9.64 Å². The van der Waals surface area contributed by atoms with Crippen LogP contribution in [0.4, 0.5) is 4.39 Å². The molecule has 1 amide bonds. The van der Waals surface area contributed by atoms with Crippen molar-refractivity contribution < 1.29 is 23.5 Å². The number of nitrogens with zero attached hydrogens (tertiary/aromatic N) is 2. The van der Waals surface area contributed by atoms with Gasteiger partial charge in [0.15, 0.2) is 0 Å². The molecule has 1 fully saturated rings. The molecule has 0 radical (unpaired) electrons. The minimum atomic E-state index is -0.388. The highest BCUT2D eigenvalue weighted by Gasteiger charge is 2.19. The standard InChI is InChI=1S/C17H23FN2O4/c1-23-16(21)6-7-20(9-8-19-10-12-24-13-11-19)17(22)14-2-4-15(18)5-3-14/h2-5H,6-13H2,1H3. The molecule has 2 rings (SSSR count). The molecule has 0 spiro atoms. The zero-order valence-electron chi connectivity index (χ0n) is 13.9. The molecule has 1 saturated heterocycles. The molecular formula is C17H23FN2O4. The normalized spacial score (nSPS) is 15.1. The van der Waals surface area contributed by atoms with E-state index in [1.165, 1.54) is 31.4 Å². The van der Waals surface area contributed by atoms with Gasteiger partial charge >= 0.3 is 5.97 Å². The topological polar surface area (TPSA) is 59.1 Å². The van der Waals surface area contributed by atoms with E-state index >= 15 is 0 Å². The van der Waals surface area contributed by atoms with Crippen molar-refractivity contribution in [1.29, 1.82) is 0 Å². The SMILES string of the molecule is COC(=O)CCN(CCN1CCOCC1)C(=O)c1ccc(F)cc1. The Labute approximate surface area is 141 Å². The predicted octanol–water partition coefficient (Wildman–Crippen LogP) is 1.16. The maximum absolute atomic E-state index is 13.0. The lowest BCUT2D eigenvalue weighted by Gasteiger charge is -2.30. The van der Waals surface area contributed by atoms with E-state index < -0.39 is 0 Å². The average Bonchev–Trinajstić information content (AvgIpc) is 2.62. The summed E-state index contributed by atoms with van der Waals surface area (Å²) >= 11 is 0. The number of halogens is 1. The second kappa shape index (κ2) is 9.34.